The highest BCUT2D eigenvalue weighted by molar-refractivity contribution is 9.10. The van der Waals surface area contributed by atoms with E-state index < -0.39 is 5.91 Å². The van der Waals surface area contributed by atoms with Gasteiger partial charge in [0, 0.05) is 4.47 Å². The highest BCUT2D eigenvalue weighted by Crippen LogP contribution is 2.30. The van der Waals surface area contributed by atoms with Crippen LogP contribution in [0.25, 0.3) is 0 Å². The third kappa shape index (κ3) is 2.07. The molecule has 1 aromatic carbocycles. The molecule has 1 amide bonds. The second-order valence-corrected chi connectivity index (χ2v) is 4.24. The van der Waals surface area contributed by atoms with Gasteiger partial charge in [0.1, 0.15) is 5.75 Å². The van der Waals surface area contributed by atoms with Crippen LogP contribution in [0.4, 0.5) is 0 Å². The van der Waals surface area contributed by atoms with Crippen LogP contribution in [0.15, 0.2) is 22.7 Å². The van der Waals surface area contributed by atoms with Crippen molar-refractivity contribution < 1.29 is 9.53 Å². The van der Waals surface area contributed by atoms with Gasteiger partial charge < -0.3 is 10.5 Å². The van der Waals surface area contributed by atoms with Gasteiger partial charge in [0.15, 0.2) is 0 Å². The van der Waals surface area contributed by atoms with Crippen molar-refractivity contribution in [2.75, 3.05) is 0 Å². The molecule has 1 aliphatic carbocycles. The summed E-state index contributed by atoms with van der Waals surface area (Å²) in [7, 11) is 0. The summed E-state index contributed by atoms with van der Waals surface area (Å²) < 4.78 is 6.38. The van der Waals surface area contributed by atoms with Crippen molar-refractivity contribution in [3.8, 4) is 5.75 Å². The third-order valence-corrected chi connectivity index (χ3v) is 2.52. The molecule has 0 bridgehead atoms. The maximum atomic E-state index is 11.1. The van der Waals surface area contributed by atoms with Crippen molar-refractivity contribution in [3.63, 3.8) is 0 Å². The lowest BCUT2D eigenvalue weighted by atomic mass is 10.2. The molecule has 0 spiro atoms. The lowest BCUT2D eigenvalue weighted by Gasteiger charge is -2.08. The highest BCUT2D eigenvalue weighted by atomic mass is 79.9. The number of amides is 1. The largest absolute Gasteiger partial charge is 0.490 e. The molecule has 2 N–H and O–H groups in total. The van der Waals surface area contributed by atoms with E-state index in [1.165, 1.54) is 0 Å². The van der Waals surface area contributed by atoms with E-state index in [4.69, 9.17) is 10.5 Å². The normalized spacial score (nSPS) is 15.2. The van der Waals surface area contributed by atoms with Gasteiger partial charge in [-0.1, -0.05) is 15.9 Å². The lowest BCUT2D eigenvalue weighted by Crippen LogP contribution is -2.13. The highest BCUT2D eigenvalue weighted by Gasteiger charge is 2.25. The average molecular weight is 256 g/mol. The summed E-state index contributed by atoms with van der Waals surface area (Å²) in [5, 5.41) is 0. The number of ether oxygens (including phenoxy) is 1. The monoisotopic (exact) mass is 255 g/mol. The van der Waals surface area contributed by atoms with Gasteiger partial charge in [-0.05, 0) is 31.0 Å². The minimum Gasteiger partial charge on any atom is -0.490 e. The van der Waals surface area contributed by atoms with Crippen LogP contribution in [0.1, 0.15) is 23.2 Å². The summed E-state index contributed by atoms with van der Waals surface area (Å²) in [5.74, 6) is 0.130. The Hall–Kier alpha value is -1.03. The van der Waals surface area contributed by atoms with Crippen LogP contribution in [-0.4, -0.2) is 12.0 Å². The Morgan fingerprint density at radius 1 is 1.50 bits per heavy atom. The maximum Gasteiger partial charge on any atom is 0.252 e. The summed E-state index contributed by atoms with van der Waals surface area (Å²) in [6.45, 7) is 0. The van der Waals surface area contributed by atoms with Crippen molar-refractivity contribution in [1.82, 2.24) is 0 Å². The smallest absolute Gasteiger partial charge is 0.252 e. The van der Waals surface area contributed by atoms with Gasteiger partial charge in [-0.25, -0.2) is 0 Å². The van der Waals surface area contributed by atoms with Gasteiger partial charge in [-0.15, -0.1) is 0 Å². The lowest BCUT2D eigenvalue weighted by molar-refractivity contribution is 0.0996. The van der Waals surface area contributed by atoms with Gasteiger partial charge >= 0.3 is 0 Å². The Morgan fingerprint density at radius 3 is 2.79 bits per heavy atom. The maximum absolute atomic E-state index is 11.1. The Balaban J connectivity index is 2.31. The van der Waals surface area contributed by atoms with Gasteiger partial charge in [0.25, 0.3) is 5.91 Å². The quantitative estimate of drug-likeness (QED) is 0.900. The van der Waals surface area contributed by atoms with Crippen molar-refractivity contribution in [2.24, 2.45) is 5.73 Å². The number of halogens is 1. The fourth-order valence-corrected chi connectivity index (χ4v) is 1.52. The van der Waals surface area contributed by atoms with Crippen LogP contribution in [0.2, 0.25) is 0 Å². The molecule has 0 saturated heterocycles. The van der Waals surface area contributed by atoms with Crippen LogP contribution in [0.3, 0.4) is 0 Å². The molecular formula is C10H10BrNO2. The Kier molecular flexibility index (Phi) is 2.46. The Bertz CT molecular complexity index is 374. The van der Waals surface area contributed by atoms with Crippen LogP contribution in [-0.2, 0) is 0 Å². The molecule has 1 aliphatic rings. The molecule has 0 unspecified atom stereocenters. The molecule has 1 aromatic rings. The topological polar surface area (TPSA) is 52.3 Å². The van der Waals surface area contributed by atoms with Crippen molar-refractivity contribution in [2.45, 2.75) is 18.9 Å². The van der Waals surface area contributed by atoms with Crippen molar-refractivity contribution in [1.29, 1.82) is 0 Å². The summed E-state index contributed by atoms with van der Waals surface area (Å²) >= 11 is 3.28. The van der Waals surface area contributed by atoms with Gasteiger partial charge in [0.2, 0.25) is 0 Å². The van der Waals surface area contributed by atoms with E-state index in [9.17, 15) is 4.79 Å². The molecule has 1 fully saturated rings. The van der Waals surface area contributed by atoms with E-state index >= 15 is 0 Å². The number of carbonyl (C=O) groups excluding carboxylic acids is 1. The molecule has 3 nitrogen and oxygen atoms in total. The SMILES string of the molecule is NC(=O)c1cc(Br)ccc1OC1CC1. The van der Waals surface area contributed by atoms with Crippen LogP contribution in [0, 0.1) is 0 Å². The number of primary amides is 1. The minimum atomic E-state index is -0.457. The standard InChI is InChI=1S/C10H10BrNO2/c11-6-1-4-9(14-7-2-3-7)8(5-6)10(12)13/h1,4-5,7H,2-3H2,(H2,12,13). The van der Waals surface area contributed by atoms with Crippen molar-refractivity contribution >= 4 is 21.8 Å². The van der Waals surface area contributed by atoms with E-state index in [-0.39, 0.29) is 6.10 Å². The van der Waals surface area contributed by atoms with Crippen LogP contribution >= 0.6 is 15.9 Å². The molecule has 0 aliphatic heterocycles. The summed E-state index contributed by atoms with van der Waals surface area (Å²) in [5.41, 5.74) is 5.68. The molecular weight excluding hydrogens is 246 g/mol. The molecule has 0 heterocycles. The number of hydrogen-bond acceptors (Lipinski definition) is 2. The molecule has 74 valence electrons. The van der Waals surface area contributed by atoms with E-state index in [2.05, 4.69) is 15.9 Å². The predicted molar refractivity (Wildman–Crippen MR) is 56.3 cm³/mol. The zero-order valence-corrected chi connectivity index (χ0v) is 9.08. The number of carbonyl (C=O) groups is 1. The van der Waals surface area contributed by atoms with Crippen molar-refractivity contribution in [3.05, 3.63) is 28.2 Å². The first-order valence-electron chi connectivity index (χ1n) is 4.43. The summed E-state index contributed by atoms with van der Waals surface area (Å²) in [6, 6.07) is 5.28. The van der Waals surface area contributed by atoms with E-state index in [0.29, 0.717) is 11.3 Å². The molecule has 0 atom stereocenters. The average Bonchev–Trinajstić information content (AvgIpc) is 2.91. The second kappa shape index (κ2) is 3.61. The number of rotatable bonds is 3. The first-order valence-corrected chi connectivity index (χ1v) is 5.22. The fraction of sp³-hybridized carbons (Fsp3) is 0.300. The molecule has 14 heavy (non-hydrogen) atoms. The van der Waals surface area contributed by atoms with E-state index in [1.807, 2.05) is 6.07 Å². The summed E-state index contributed by atoms with van der Waals surface area (Å²) in [4.78, 5) is 11.1. The van der Waals surface area contributed by atoms with Gasteiger partial charge in [-0.2, -0.15) is 0 Å². The Labute approximate surface area is 90.4 Å². The second-order valence-electron chi connectivity index (χ2n) is 3.32. The Morgan fingerprint density at radius 2 is 2.21 bits per heavy atom. The molecule has 1 saturated carbocycles. The number of nitrogens with two attached hydrogens (primary N) is 1. The predicted octanol–water partition coefficient (Wildman–Crippen LogP) is 2.09. The number of benzene rings is 1. The fourth-order valence-electron chi connectivity index (χ4n) is 1.16. The number of hydrogen-bond donors (Lipinski definition) is 1. The van der Waals surface area contributed by atoms with Crippen LogP contribution < -0.4 is 10.5 Å². The van der Waals surface area contributed by atoms with Gasteiger partial charge in [-0.3, -0.25) is 4.79 Å². The zero-order valence-electron chi connectivity index (χ0n) is 7.50. The van der Waals surface area contributed by atoms with E-state index in [1.54, 1.807) is 12.1 Å². The molecule has 4 heteroatoms. The first-order chi connectivity index (χ1) is 6.66. The third-order valence-electron chi connectivity index (χ3n) is 2.03. The van der Waals surface area contributed by atoms with Gasteiger partial charge in [0.05, 0.1) is 11.7 Å². The van der Waals surface area contributed by atoms with Crippen LogP contribution in [0.5, 0.6) is 5.75 Å². The molecule has 0 aromatic heterocycles. The van der Waals surface area contributed by atoms with E-state index in [0.717, 1.165) is 17.3 Å². The minimum absolute atomic E-state index is 0.272. The zero-order chi connectivity index (χ0) is 10.1. The summed E-state index contributed by atoms with van der Waals surface area (Å²) in [6.07, 6.45) is 2.40. The first kappa shape index (κ1) is 9.52. The molecule has 2 rings (SSSR count). The molecule has 0 radical (unpaired) electrons.